The number of rotatable bonds is 9. The van der Waals surface area contributed by atoms with Crippen molar-refractivity contribution in [3.8, 4) is 5.75 Å². The topological polar surface area (TPSA) is 99.2 Å². The summed E-state index contributed by atoms with van der Waals surface area (Å²) in [6, 6.07) is 14.7. The maximum Gasteiger partial charge on any atom is 0.229 e. The molecule has 1 aliphatic heterocycles. The molecule has 2 atom stereocenters. The number of anilines is 1. The summed E-state index contributed by atoms with van der Waals surface area (Å²) in [7, 11) is -0.247. The van der Waals surface area contributed by atoms with Crippen molar-refractivity contribution < 1.29 is 23.1 Å². The molecular weight excluding hydrogens is 430 g/mol. The zero-order chi connectivity index (χ0) is 23.3. The molecule has 1 unspecified atom stereocenters. The molecule has 1 aliphatic rings. The number of carbonyl (C=O) groups excluding carboxylic acids is 1. The van der Waals surface area contributed by atoms with Crippen molar-refractivity contribution in [3.63, 3.8) is 0 Å². The first-order chi connectivity index (χ1) is 15.2. The van der Waals surface area contributed by atoms with Gasteiger partial charge in [0.25, 0.3) is 0 Å². The summed E-state index contributed by atoms with van der Waals surface area (Å²) in [5.74, 6) is 0.295. The molecule has 0 saturated carbocycles. The number of sulfonamides is 1. The third kappa shape index (κ3) is 6.44. The van der Waals surface area contributed by atoms with E-state index in [0.717, 1.165) is 24.8 Å². The minimum atomic E-state index is -3.49. The van der Waals surface area contributed by atoms with Crippen molar-refractivity contribution in [1.82, 2.24) is 9.80 Å². The van der Waals surface area contributed by atoms with E-state index in [4.69, 9.17) is 4.74 Å². The molecule has 8 nitrogen and oxygen atoms in total. The van der Waals surface area contributed by atoms with Gasteiger partial charge in [0, 0.05) is 26.7 Å². The average Bonchev–Trinajstić information content (AvgIpc) is 3.16. The van der Waals surface area contributed by atoms with E-state index in [9.17, 15) is 18.3 Å². The van der Waals surface area contributed by atoms with Crippen LogP contribution in [0.1, 0.15) is 23.6 Å². The predicted molar refractivity (Wildman–Crippen MR) is 124 cm³/mol. The first kappa shape index (κ1) is 24.0. The van der Waals surface area contributed by atoms with Crippen LogP contribution >= 0.6 is 0 Å². The Morgan fingerprint density at radius 1 is 1.28 bits per heavy atom. The van der Waals surface area contributed by atoms with Crippen LogP contribution in [0.15, 0.2) is 48.5 Å². The van der Waals surface area contributed by atoms with E-state index in [1.807, 2.05) is 30.3 Å². The van der Waals surface area contributed by atoms with Gasteiger partial charge in [-0.1, -0.05) is 36.4 Å². The van der Waals surface area contributed by atoms with Crippen molar-refractivity contribution in [3.05, 3.63) is 59.7 Å². The van der Waals surface area contributed by atoms with Gasteiger partial charge in [0.05, 0.1) is 37.6 Å². The van der Waals surface area contributed by atoms with E-state index in [1.165, 1.54) is 7.11 Å². The van der Waals surface area contributed by atoms with Crippen LogP contribution in [0.2, 0.25) is 0 Å². The molecule has 1 amide bonds. The number of likely N-dealkylation sites (N-methyl/N-ethyl adjacent to an activating group) is 1. The van der Waals surface area contributed by atoms with Crippen molar-refractivity contribution >= 4 is 21.6 Å². The lowest BCUT2D eigenvalue weighted by Crippen LogP contribution is -2.39. The van der Waals surface area contributed by atoms with Crippen LogP contribution in [0.3, 0.4) is 0 Å². The summed E-state index contributed by atoms with van der Waals surface area (Å²) in [4.78, 5) is 17.1. The number of likely N-dealkylation sites (tertiary alicyclic amines) is 1. The highest BCUT2D eigenvalue weighted by molar-refractivity contribution is 7.92. The largest absolute Gasteiger partial charge is 0.495 e. The SMILES string of the molecule is COc1ccc(CC(=O)N(C)[C@H](CN2CCC(O)C2)c2ccccc2)cc1NS(C)(=O)=O. The number of hydrogen-bond donors (Lipinski definition) is 2. The van der Waals surface area contributed by atoms with Gasteiger partial charge >= 0.3 is 0 Å². The summed E-state index contributed by atoms with van der Waals surface area (Å²) >= 11 is 0. The molecule has 0 bridgehead atoms. The molecule has 2 N–H and O–H groups in total. The smallest absolute Gasteiger partial charge is 0.229 e. The van der Waals surface area contributed by atoms with Gasteiger partial charge in [0.1, 0.15) is 5.75 Å². The van der Waals surface area contributed by atoms with Gasteiger partial charge in [0.15, 0.2) is 0 Å². The van der Waals surface area contributed by atoms with Gasteiger partial charge in [-0.05, 0) is 29.7 Å². The predicted octanol–water partition coefficient (Wildman–Crippen LogP) is 1.88. The zero-order valence-corrected chi connectivity index (χ0v) is 19.5. The molecule has 0 aromatic heterocycles. The lowest BCUT2D eigenvalue weighted by Gasteiger charge is -2.32. The van der Waals surface area contributed by atoms with Crippen molar-refractivity contribution in [2.75, 3.05) is 44.8 Å². The number of aliphatic hydroxyl groups excluding tert-OH is 1. The third-order valence-electron chi connectivity index (χ3n) is 5.64. The van der Waals surface area contributed by atoms with E-state index in [0.29, 0.717) is 30.1 Å². The van der Waals surface area contributed by atoms with Gasteiger partial charge in [-0.15, -0.1) is 0 Å². The van der Waals surface area contributed by atoms with Crippen LogP contribution < -0.4 is 9.46 Å². The molecule has 1 heterocycles. The Bertz CT molecular complexity index is 1030. The molecule has 0 aliphatic carbocycles. The lowest BCUT2D eigenvalue weighted by molar-refractivity contribution is -0.131. The molecule has 32 heavy (non-hydrogen) atoms. The first-order valence-corrected chi connectivity index (χ1v) is 12.4. The van der Waals surface area contributed by atoms with Gasteiger partial charge in [-0.25, -0.2) is 8.42 Å². The normalized spacial score (nSPS) is 17.7. The highest BCUT2D eigenvalue weighted by Crippen LogP contribution is 2.28. The number of amides is 1. The number of ether oxygens (including phenoxy) is 1. The number of β-amino-alcohol motifs (C(OH)–C–C–N with tert-alkyl or cyclic N) is 1. The monoisotopic (exact) mass is 461 g/mol. The average molecular weight is 462 g/mol. The number of benzene rings is 2. The molecule has 1 fully saturated rings. The second kappa shape index (κ2) is 10.3. The van der Waals surface area contributed by atoms with E-state index in [-0.39, 0.29) is 24.5 Å². The highest BCUT2D eigenvalue weighted by atomic mass is 32.2. The number of carbonyl (C=O) groups is 1. The van der Waals surface area contributed by atoms with Gasteiger partial charge in [-0.2, -0.15) is 0 Å². The van der Waals surface area contributed by atoms with Crippen LogP contribution in [-0.2, 0) is 21.2 Å². The Morgan fingerprint density at radius 2 is 2.00 bits per heavy atom. The van der Waals surface area contributed by atoms with Gasteiger partial charge in [0.2, 0.25) is 15.9 Å². The fourth-order valence-electron chi connectivity index (χ4n) is 3.97. The summed E-state index contributed by atoms with van der Waals surface area (Å²) < 4.78 is 31.0. The molecule has 1 saturated heterocycles. The molecular formula is C23H31N3O5S. The van der Waals surface area contributed by atoms with Crippen LogP contribution in [0, 0.1) is 0 Å². The molecule has 9 heteroatoms. The molecule has 2 aromatic carbocycles. The Morgan fingerprint density at radius 3 is 2.59 bits per heavy atom. The quantitative estimate of drug-likeness (QED) is 0.592. The molecule has 0 radical (unpaired) electrons. The third-order valence-corrected chi connectivity index (χ3v) is 6.23. The highest BCUT2D eigenvalue weighted by Gasteiger charge is 2.28. The first-order valence-electron chi connectivity index (χ1n) is 10.5. The summed E-state index contributed by atoms with van der Waals surface area (Å²) in [6.45, 7) is 2.03. The Balaban J connectivity index is 1.79. The number of aliphatic hydroxyl groups is 1. The molecule has 0 spiro atoms. The van der Waals surface area contributed by atoms with Crippen LogP contribution in [0.4, 0.5) is 5.69 Å². The van der Waals surface area contributed by atoms with E-state index >= 15 is 0 Å². The molecule has 2 aromatic rings. The summed E-state index contributed by atoms with van der Waals surface area (Å²) in [5, 5.41) is 9.89. The second-order valence-electron chi connectivity index (χ2n) is 8.22. The number of nitrogens with one attached hydrogen (secondary N) is 1. The fourth-order valence-corrected chi connectivity index (χ4v) is 4.53. The lowest BCUT2D eigenvalue weighted by atomic mass is 10.0. The Labute approximate surface area is 189 Å². The van der Waals surface area contributed by atoms with Gasteiger partial charge in [-0.3, -0.25) is 14.4 Å². The number of hydrogen-bond acceptors (Lipinski definition) is 6. The van der Waals surface area contributed by atoms with E-state index in [1.54, 1.807) is 30.1 Å². The maximum absolute atomic E-state index is 13.2. The second-order valence-corrected chi connectivity index (χ2v) is 9.97. The van der Waals surface area contributed by atoms with Crippen LogP contribution in [-0.4, -0.2) is 75.4 Å². The zero-order valence-electron chi connectivity index (χ0n) is 18.7. The minimum Gasteiger partial charge on any atom is -0.495 e. The van der Waals surface area contributed by atoms with Gasteiger partial charge < -0.3 is 14.7 Å². The molecule has 174 valence electrons. The van der Waals surface area contributed by atoms with E-state index < -0.39 is 10.0 Å². The number of nitrogens with zero attached hydrogens (tertiary/aromatic N) is 2. The number of methoxy groups -OCH3 is 1. The fraction of sp³-hybridized carbons (Fsp3) is 0.435. The summed E-state index contributed by atoms with van der Waals surface area (Å²) in [5.41, 5.74) is 2.00. The van der Waals surface area contributed by atoms with Crippen LogP contribution in [0.5, 0.6) is 5.75 Å². The van der Waals surface area contributed by atoms with Crippen LogP contribution in [0.25, 0.3) is 0 Å². The van der Waals surface area contributed by atoms with Crippen molar-refractivity contribution in [2.24, 2.45) is 0 Å². The maximum atomic E-state index is 13.2. The molecule has 3 rings (SSSR count). The van der Waals surface area contributed by atoms with Crippen molar-refractivity contribution in [1.29, 1.82) is 0 Å². The Hall–Kier alpha value is -2.62. The minimum absolute atomic E-state index is 0.0888. The standard InChI is InChI=1S/C23H31N3O5S/c1-25(21(18-7-5-4-6-8-18)16-26-12-11-19(27)15-26)23(28)14-17-9-10-22(31-2)20(13-17)24-32(3,29)30/h4-10,13,19,21,24,27H,11-12,14-16H2,1-3H3/t19?,21-/m1/s1. The van der Waals surface area contributed by atoms with E-state index in [2.05, 4.69) is 9.62 Å². The summed E-state index contributed by atoms with van der Waals surface area (Å²) in [6.07, 6.45) is 1.59. The Kier molecular flexibility index (Phi) is 7.76. The van der Waals surface area contributed by atoms with Crippen molar-refractivity contribution in [2.45, 2.75) is 25.0 Å².